The van der Waals surface area contributed by atoms with Gasteiger partial charge in [0.25, 0.3) is 0 Å². The molecule has 2 atom stereocenters. The lowest BCUT2D eigenvalue weighted by Gasteiger charge is -2.43. The summed E-state index contributed by atoms with van der Waals surface area (Å²) in [5.74, 6) is 0.321. The largest absolute Gasteiger partial charge is 0.445 e. The van der Waals surface area contributed by atoms with Crippen molar-refractivity contribution in [1.82, 2.24) is 9.80 Å². The Morgan fingerprint density at radius 2 is 1.79 bits per heavy atom. The molecule has 3 rings (SSSR count). The number of likely N-dealkylation sites (tertiary alicyclic amines) is 2. The summed E-state index contributed by atoms with van der Waals surface area (Å²) >= 11 is 0. The second-order valence-electron chi connectivity index (χ2n) is 7.41. The fourth-order valence-electron chi connectivity index (χ4n) is 3.13. The lowest BCUT2D eigenvalue weighted by molar-refractivity contribution is -0.0165. The molecule has 2 unspecified atom stereocenters. The van der Waals surface area contributed by atoms with Gasteiger partial charge in [0, 0.05) is 25.6 Å². The lowest BCUT2D eigenvalue weighted by Crippen LogP contribution is -2.59. The molecule has 0 radical (unpaired) electrons. The first-order valence-corrected chi connectivity index (χ1v) is 8.29. The molecule has 0 saturated carbocycles. The van der Waals surface area contributed by atoms with Crippen molar-refractivity contribution in [2.45, 2.75) is 39.0 Å². The molecule has 6 heteroatoms. The van der Waals surface area contributed by atoms with Crippen LogP contribution in [0.4, 0.5) is 9.59 Å². The third-order valence-corrected chi connectivity index (χ3v) is 4.33. The molecule has 2 fully saturated rings. The van der Waals surface area contributed by atoms with Crippen molar-refractivity contribution < 1.29 is 19.1 Å². The van der Waals surface area contributed by atoms with Crippen molar-refractivity contribution >= 4 is 12.2 Å². The highest BCUT2D eigenvalue weighted by molar-refractivity contribution is 5.72. The fourth-order valence-corrected chi connectivity index (χ4v) is 3.13. The molecular formula is C18H24N2O4. The zero-order chi connectivity index (χ0) is 17.3. The molecular weight excluding hydrogens is 308 g/mol. The van der Waals surface area contributed by atoms with E-state index in [2.05, 4.69) is 0 Å². The number of fused-ring (bicyclic) bond motifs is 1. The van der Waals surface area contributed by atoms with Gasteiger partial charge in [-0.15, -0.1) is 0 Å². The number of hydrogen-bond donors (Lipinski definition) is 0. The van der Waals surface area contributed by atoms with Gasteiger partial charge >= 0.3 is 12.2 Å². The molecule has 0 aromatic heterocycles. The Morgan fingerprint density at radius 1 is 1.08 bits per heavy atom. The van der Waals surface area contributed by atoms with Crippen LogP contribution >= 0.6 is 0 Å². The van der Waals surface area contributed by atoms with Crippen LogP contribution in [0.1, 0.15) is 26.3 Å². The minimum Gasteiger partial charge on any atom is -0.445 e. The number of carbonyl (C=O) groups excluding carboxylic acids is 2. The number of benzene rings is 1. The van der Waals surface area contributed by atoms with Gasteiger partial charge in [-0.05, 0) is 26.3 Å². The molecule has 1 aromatic carbocycles. The molecule has 2 aliphatic rings. The Balaban J connectivity index is 1.49. The third-order valence-electron chi connectivity index (χ3n) is 4.33. The highest BCUT2D eigenvalue weighted by Crippen LogP contribution is 2.33. The van der Waals surface area contributed by atoms with Crippen LogP contribution < -0.4 is 0 Å². The second-order valence-corrected chi connectivity index (χ2v) is 7.41. The van der Waals surface area contributed by atoms with Crippen molar-refractivity contribution in [3.63, 3.8) is 0 Å². The topological polar surface area (TPSA) is 59.1 Å². The average molecular weight is 332 g/mol. The van der Waals surface area contributed by atoms with E-state index in [9.17, 15) is 9.59 Å². The molecule has 2 saturated heterocycles. The zero-order valence-corrected chi connectivity index (χ0v) is 14.4. The van der Waals surface area contributed by atoms with Gasteiger partial charge in [-0.1, -0.05) is 30.3 Å². The first-order valence-electron chi connectivity index (χ1n) is 8.29. The van der Waals surface area contributed by atoms with E-state index < -0.39 is 5.60 Å². The number of hydrogen-bond acceptors (Lipinski definition) is 4. The molecule has 0 bridgehead atoms. The smallest absolute Gasteiger partial charge is 0.410 e. The lowest BCUT2D eigenvalue weighted by atomic mass is 9.93. The van der Waals surface area contributed by atoms with E-state index in [0.29, 0.717) is 25.6 Å². The maximum absolute atomic E-state index is 12.2. The highest BCUT2D eigenvalue weighted by Gasteiger charge is 2.50. The van der Waals surface area contributed by atoms with E-state index in [4.69, 9.17) is 9.47 Å². The predicted molar refractivity (Wildman–Crippen MR) is 88.4 cm³/mol. The summed E-state index contributed by atoms with van der Waals surface area (Å²) in [6, 6.07) is 9.64. The quantitative estimate of drug-likeness (QED) is 0.835. The van der Waals surface area contributed by atoms with E-state index in [-0.39, 0.29) is 24.8 Å². The summed E-state index contributed by atoms with van der Waals surface area (Å²) in [5.41, 5.74) is 0.457. The SMILES string of the molecule is CC(C)(C)OC(=O)N1CC2CN(C(=O)OCc3ccccc3)CC21. The van der Waals surface area contributed by atoms with Crippen LogP contribution in [0.5, 0.6) is 0 Å². The van der Waals surface area contributed by atoms with E-state index in [1.807, 2.05) is 51.1 Å². The van der Waals surface area contributed by atoms with Gasteiger partial charge in [-0.2, -0.15) is 0 Å². The first-order chi connectivity index (χ1) is 11.3. The number of ether oxygens (including phenoxy) is 2. The second kappa shape index (κ2) is 6.34. The van der Waals surface area contributed by atoms with E-state index in [1.54, 1.807) is 9.80 Å². The van der Waals surface area contributed by atoms with Crippen LogP contribution in [0, 0.1) is 5.92 Å². The molecule has 1 aromatic rings. The number of carbonyl (C=O) groups is 2. The summed E-state index contributed by atoms with van der Waals surface area (Å²) in [6.45, 7) is 7.61. The maximum Gasteiger partial charge on any atom is 0.410 e. The van der Waals surface area contributed by atoms with Crippen LogP contribution in [0.25, 0.3) is 0 Å². The van der Waals surface area contributed by atoms with E-state index in [0.717, 1.165) is 5.56 Å². The summed E-state index contributed by atoms with van der Waals surface area (Å²) in [5, 5.41) is 0. The Morgan fingerprint density at radius 3 is 2.46 bits per heavy atom. The number of nitrogens with zero attached hydrogens (tertiary/aromatic N) is 2. The van der Waals surface area contributed by atoms with Crippen molar-refractivity contribution in [2.75, 3.05) is 19.6 Å². The Kier molecular flexibility index (Phi) is 4.39. The van der Waals surface area contributed by atoms with Gasteiger partial charge in [0.2, 0.25) is 0 Å². The number of amides is 2. The van der Waals surface area contributed by atoms with Gasteiger partial charge in [-0.3, -0.25) is 0 Å². The van der Waals surface area contributed by atoms with Crippen molar-refractivity contribution in [3.8, 4) is 0 Å². The monoisotopic (exact) mass is 332 g/mol. The van der Waals surface area contributed by atoms with Gasteiger partial charge in [0.1, 0.15) is 12.2 Å². The molecule has 0 aliphatic carbocycles. The molecule has 2 amide bonds. The van der Waals surface area contributed by atoms with E-state index in [1.165, 1.54) is 0 Å². The summed E-state index contributed by atoms with van der Waals surface area (Å²) in [7, 11) is 0. The standard InChI is InChI=1S/C18H24N2O4/c1-18(2,3)24-17(22)20-10-14-9-19(11-15(14)20)16(21)23-12-13-7-5-4-6-8-13/h4-8,14-15H,9-12H2,1-3H3. The Hall–Kier alpha value is -2.24. The zero-order valence-electron chi connectivity index (χ0n) is 14.4. The minimum atomic E-state index is -0.505. The van der Waals surface area contributed by atoms with Crippen molar-refractivity contribution in [3.05, 3.63) is 35.9 Å². The summed E-state index contributed by atoms with van der Waals surface area (Å²) in [6.07, 6.45) is -0.624. The number of rotatable bonds is 2. The molecule has 24 heavy (non-hydrogen) atoms. The first kappa shape index (κ1) is 16.6. The molecule has 2 heterocycles. The van der Waals surface area contributed by atoms with Crippen LogP contribution in [-0.2, 0) is 16.1 Å². The van der Waals surface area contributed by atoms with Crippen LogP contribution in [0.3, 0.4) is 0 Å². The van der Waals surface area contributed by atoms with Crippen LogP contribution in [-0.4, -0.2) is 53.3 Å². The Bertz CT molecular complexity index is 611. The molecule has 0 N–H and O–H groups in total. The normalized spacial score (nSPS) is 22.6. The molecule has 6 nitrogen and oxygen atoms in total. The maximum atomic E-state index is 12.2. The molecule has 2 aliphatic heterocycles. The molecule has 0 spiro atoms. The Labute approximate surface area is 142 Å². The summed E-state index contributed by atoms with van der Waals surface area (Å²) in [4.78, 5) is 27.7. The predicted octanol–water partition coefficient (Wildman–Crippen LogP) is 2.87. The third kappa shape index (κ3) is 3.63. The van der Waals surface area contributed by atoms with Crippen molar-refractivity contribution in [2.24, 2.45) is 5.92 Å². The van der Waals surface area contributed by atoms with Crippen LogP contribution in [0.2, 0.25) is 0 Å². The van der Waals surface area contributed by atoms with Gasteiger partial charge in [0.05, 0.1) is 6.04 Å². The van der Waals surface area contributed by atoms with Crippen molar-refractivity contribution in [1.29, 1.82) is 0 Å². The molecule has 130 valence electrons. The van der Waals surface area contributed by atoms with Gasteiger partial charge in [0.15, 0.2) is 0 Å². The highest BCUT2D eigenvalue weighted by atomic mass is 16.6. The van der Waals surface area contributed by atoms with Crippen LogP contribution in [0.15, 0.2) is 30.3 Å². The fraction of sp³-hybridized carbons (Fsp3) is 0.556. The average Bonchev–Trinajstić information content (AvgIpc) is 2.81. The van der Waals surface area contributed by atoms with Gasteiger partial charge in [-0.25, -0.2) is 9.59 Å². The summed E-state index contributed by atoms with van der Waals surface area (Å²) < 4.78 is 10.8. The minimum absolute atomic E-state index is 0.0455. The van der Waals surface area contributed by atoms with E-state index >= 15 is 0 Å². The van der Waals surface area contributed by atoms with Gasteiger partial charge < -0.3 is 19.3 Å².